The van der Waals surface area contributed by atoms with Crippen LogP contribution in [-0.4, -0.2) is 30.0 Å². The Hall–Kier alpha value is -4.13. The van der Waals surface area contributed by atoms with E-state index in [1.807, 2.05) is 19.1 Å². The molecule has 1 unspecified atom stereocenters. The first-order valence-electron chi connectivity index (χ1n) is 10.5. The van der Waals surface area contributed by atoms with Gasteiger partial charge in [0.1, 0.15) is 24.8 Å². The van der Waals surface area contributed by atoms with Crippen molar-refractivity contribution in [2.24, 2.45) is 0 Å². The van der Waals surface area contributed by atoms with Crippen molar-refractivity contribution < 1.29 is 28.6 Å². The van der Waals surface area contributed by atoms with E-state index in [9.17, 15) is 19.1 Å². The number of benzene rings is 3. The number of aliphatic hydroxyl groups excluding tert-OH is 1. The minimum Gasteiger partial charge on any atom is -0.507 e. The predicted octanol–water partition coefficient (Wildman–Crippen LogP) is 4.53. The molecule has 6 nitrogen and oxygen atoms in total. The third kappa shape index (κ3) is 3.61. The number of hydrogen-bond acceptors (Lipinski definition) is 5. The molecule has 1 N–H and O–H groups in total. The minimum absolute atomic E-state index is 0.0773. The van der Waals surface area contributed by atoms with Gasteiger partial charge in [-0.1, -0.05) is 35.9 Å². The van der Waals surface area contributed by atoms with Crippen LogP contribution in [0.25, 0.3) is 5.76 Å². The Labute approximate surface area is 189 Å². The van der Waals surface area contributed by atoms with Crippen LogP contribution in [-0.2, 0) is 9.59 Å². The highest BCUT2D eigenvalue weighted by atomic mass is 19.1. The Balaban J connectivity index is 1.71. The molecule has 3 aromatic rings. The molecule has 0 spiro atoms. The van der Waals surface area contributed by atoms with Crippen molar-refractivity contribution >= 4 is 23.1 Å². The zero-order chi connectivity index (χ0) is 23.1. The molecule has 3 aromatic carbocycles. The average molecular weight is 445 g/mol. The van der Waals surface area contributed by atoms with E-state index >= 15 is 0 Å². The lowest BCUT2D eigenvalue weighted by molar-refractivity contribution is -0.132. The van der Waals surface area contributed by atoms with E-state index in [1.54, 1.807) is 36.4 Å². The van der Waals surface area contributed by atoms with Gasteiger partial charge >= 0.3 is 0 Å². The second-order valence-electron chi connectivity index (χ2n) is 7.92. The molecule has 0 saturated carbocycles. The van der Waals surface area contributed by atoms with Crippen molar-refractivity contribution in [3.05, 3.63) is 94.8 Å². The molecule has 1 atom stereocenters. The van der Waals surface area contributed by atoms with Crippen molar-refractivity contribution in [2.45, 2.75) is 13.0 Å². The maximum absolute atomic E-state index is 14.0. The van der Waals surface area contributed by atoms with Crippen molar-refractivity contribution in [3.8, 4) is 11.5 Å². The van der Waals surface area contributed by atoms with Crippen LogP contribution in [0.2, 0.25) is 0 Å². The Bertz CT molecular complexity index is 1320. The lowest BCUT2D eigenvalue weighted by Crippen LogP contribution is -2.29. The summed E-state index contributed by atoms with van der Waals surface area (Å²) in [6.07, 6.45) is 0. The number of rotatable bonds is 3. The number of ketones is 1. The maximum atomic E-state index is 14.0. The molecule has 2 aliphatic heterocycles. The van der Waals surface area contributed by atoms with Crippen LogP contribution in [0, 0.1) is 12.7 Å². The van der Waals surface area contributed by atoms with Gasteiger partial charge in [0.25, 0.3) is 11.7 Å². The highest BCUT2D eigenvalue weighted by Gasteiger charge is 2.47. The molecule has 5 rings (SSSR count). The highest BCUT2D eigenvalue weighted by Crippen LogP contribution is 2.43. The maximum Gasteiger partial charge on any atom is 0.300 e. The standard InChI is InChI=1S/C26H20FNO5/c1-15-4-2-5-16(12-15)23-22(24(29)17-8-9-20-21(13-17)33-11-10-32-20)25(30)26(31)28(23)19-7-3-6-18(27)14-19/h2-9,12-14,23,29H,10-11H2,1H3/b24-22-. The number of aliphatic hydroxyl groups is 1. The lowest BCUT2D eigenvalue weighted by Gasteiger charge is -2.26. The summed E-state index contributed by atoms with van der Waals surface area (Å²) in [5, 5.41) is 11.2. The van der Waals surface area contributed by atoms with E-state index in [1.165, 1.54) is 23.1 Å². The molecule has 7 heteroatoms. The number of aryl methyl sites for hydroxylation is 1. The summed E-state index contributed by atoms with van der Waals surface area (Å²) in [5.74, 6) is -1.59. The van der Waals surface area contributed by atoms with Gasteiger partial charge in [0.05, 0.1) is 11.6 Å². The van der Waals surface area contributed by atoms with Gasteiger partial charge in [-0.05, 0) is 48.9 Å². The molecule has 1 amide bonds. The van der Waals surface area contributed by atoms with E-state index in [0.29, 0.717) is 35.8 Å². The number of Topliss-reactive ketones (excluding diaryl/α,β-unsaturated/α-hetero) is 1. The lowest BCUT2D eigenvalue weighted by atomic mass is 9.94. The summed E-state index contributed by atoms with van der Waals surface area (Å²) in [7, 11) is 0. The van der Waals surface area contributed by atoms with Gasteiger partial charge in [-0.2, -0.15) is 0 Å². The number of anilines is 1. The van der Waals surface area contributed by atoms with Crippen LogP contribution in [0.3, 0.4) is 0 Å². The van der Waals surface area contributed by atoms with Gasteiger partial charge in [0, 0.05) is 11.3 Å². The number of halogens is 1. The Morgan fingerprint density at radius 1 is 0.970 bits per heavy atom. The van der Waals surface area contributed by atoms with E-state index < -0.39 is 23.5 Å². The van der Waals surface area contributed by atoms with Crippen LogP contribution in [0.4, 0.5) is 10.1 Å². The molecule has 2 heterocycles. The summed E-state index contributed by atoms with van der Waals surface area (Å²) in [5.41, 5.74) is 2.00. The molecule has 0 aromatic heterocycles. The van der Waals surface area contributed by atoms with Crippen LogP contribution in [0.5, 0.6) is 11.5 Å². The van der Waals surface area contributed by atoms with Gasteiger partial charge in [-0.15, -0.1) is 0 Å². The average Bonchev–Trinajstić information content (AvgIpc) is 3.09. The fourth-order valence-electron chi connectivity index (χ4n) is 4.23. The van der Waals surface area contributed by atoms with Crippen molar-refractivity contribution in [1.29, 1.82) is 0 Å². The van der Waals surface area contributed by atoms with E-state index in [2.05, 4.69) is 0 Å². The summed E-state index contributed by atoms with van der Waals surface area (Å²) < 4.78 is 25.1. The summed E-state index contributed by atoms with van der Waals surface area (Å²) in [4.78, 5) is 27.5. The molecule has 33 heavy (non-hydrogen) atoms. The second-order valence-corrected chi connectivity index (χ2v) is 7.92. The normalized spacial score (nSPS) is 19.1. The van der Waals surface area contributed by atoms with Crippen LogP contribution in [0.15, 0.2) is 72.3 Å². The largest absolute Gasteiger partial charge is 0.507 e. The quantitative estimate of drug-likeness (QED) is 0.364. The monoisotopic (exact) mass is 445 g/mol. The fraction of sp³-hybridized carbons (Fsp3) is 0.154. The zero-order valence-electron chi connectivity index (χ0n) is 17.7. The molecule has 0 radical (unpaired) electrons. The Morgan fingerprint density at radius 2 is 1.73 bits per heavy atom. The molecule has 0 aliphatic carbocycles. The number of ether oxygens (including phenoxy) is 2. The molecule has 1 fully saturated rings. The Kier molecular flexibility index (Phi) is 5.09. The first kappa shape index (κ1) is 20.8. The summed E-state index contributed by atoms with van der Waals surface area (Å²) >= 11 is 0. The summed E-state index contributed by atoms with van der Waals surface area (Å²) in [6, 6.07) is 16.7. The van der Waals surface area contributed by atoms with Gasteiger partial charge in [0.2, 0.25) is 0 Å². The molecule has 2 aliphatic rings. The van der Waals surface area contributed by atoms with Crippen LogP contribution >= 0.6 is 0 Å². The molecular weight excluding hydrogens is 425 g/mol. The number of fused-ring (bicyclic) bond motifs is 1. The molecule has 1 saturated heterocycles. The van der Waals surface area contributed by atoms with Crippen molar-refractivity contribution in [1.82, 2.24) is 0 Å². The van der Waals surface area contributed by atoms with Crippen LogP contribution in [0.1, 0.15) is 22.7 Å². The van der Waals surface area contributed by atoms with E-state index in [4.69, 9.17) is 9.47 Å². The van der Waals surface area contributed by atoms with Gasteiger partial charge in [-0.25, -0.2) is 4.39 Å². The van der Waals surface area contributed by atoms with Gasteiger partial charge in [0.15, 0.2) is 11.5 Å². The number of carbonyl (C=O) groups is 2. The van der Waals surface area contributed by atoms with Crippen molar-refractivity contribution in [3.63, 3.8) is 0 Å². The van der Waals surface area contributed by atoms with Crippen molar-refractivity contribution in [2.75, 3.05) is 18.1 Å². The topological polar surface area (TPSA) is 76.1 Å². The van der Waals surface area contributed by atoms with E-state index in [-0.39, 0.29) is 17.0 Å². The SMILES string of the molecule is Cc1cccc(C2/C(=C(/O)c3ccc4c(c3)OCCO4)C(=O)C(=O)N2c2cccc(F)c2)c1. The minimum atomic E-state index is -0.931. The predicted molar refractivity (Wildman–Crippen MR) is 120 cm³/mol. The number of amides is 1. The Morgan fingerprint density at radius 3 is 2.48 bits per heavy atom. The molecule has 166 valence electrons. The first-order valence-corrected chi connectivity index (χ1v) is 10.5. The van der Waals surface area contributed by atoms with E-state index in [0.717, 1.165) is 5.56 Å². The first-order chi connectivity index (χ1) is 15.9. The fourth-order valence-corrected chi connectivity index (χ4v) is 4.23. The third-order valence-corrected chi connectivity index (χ3v) is 5.70. The second kappa shape index (κ2) is 8.09. The summed E-state index contributed by atoms with van der Waals surface area (Å²) in [6.45, 7) is 2.67. The number of hydrogen-bond donors (Lipinski definition) is 1. The van der Waals surface area contributed by atoms with Gasteiger partial charge < -0.3 is 14.6 Å². The number of nitrogens with zero attached hydrogens (tertiary/aromatic N) is 1. The van der Waals surface area contributed by atoms with Crippen LogP contribution < -0.4 is 14.4 Å². The molecule has 0 bridgehead atoms. The zero-order valence-corrected chi connectivity index (χ0v) is 17.7. The number of carbonyl (C=O) groups excluding carboxylic acids is 2. The van der Waals surface area contributed by atoms with Gasteiger partial charge in [-0.3, -0.25) is 14.5 Å². The smallest absolute Gasteiger partial charge is 0.300 e. The highest BCUT2D eigenvalue weighted by molar-refractivity contribution is 6.51. The molecular formula is C26H20FNO5. The third-order valence-electron chi connectivity index (χ3n) is 5.70.